The Morgan fingerprint density at radius 2 is 2.14 bits per heavy atom. The molecule has 0 saturated carbocycles. The Morgan fingerprint density at radius 1 is 1.33 bits per heavy atom. The fourth-order valence-corrected chi connectivity index (χ4v) is 2.06. The third-order valence-electron chi connectivity index (χ3n) is 2.92. The van der Waals surface area contributed by atoms with Crippen LogP contribution in [0.5, 0.6) is 5.88 Å². The molecular weight excluding hydrogens is 266 g/mol. The van der Waals surface area contributed by atoms with Gasteiger partial charge < -0.3 is 10.1 Å². The molecule has 1 N–H and O–H groups in total. The summed E-state index contributed by atoms with van der Waals surface area (Å²) in [6, 6.07) is 3.85. The van der Waals surface area contributed by atoms with Crippen LogP contribution >= 0.6 is 0 Å². The average Bonchev–Trinajstić information content (AvgIpc) is 2.73. The van der Waals surface area contributed by atoms with Crippen molar-refractivity contribution in [3.63, 3.8) is 0 Å². The molecule has 0 aliphatic rings. The standard InChI is InChI=1S/C15H23N5O/c1-11(2)21-14-6-8-17-15(18-14)16-7-5-9-20-13(4)10-12(3)19-20/h6,8,10-11H,5,7,9H2,1-4H3,(H,16,17,18). The topological polar surface area (TPSA) is 64.9 Å². The van der Waals surface area contributed by atoms with Gasteiger partial charge in [-0.3, -0.25) is 4.68 Å². The predicted molar refractivity (Wildman–Crippen MR) is 82.6 cm³/mol. The van der Waals surface area contributed by atoms with Crippen molar-refractivity contribution in [2.45, 2.75) is 46.8 Å². The molecule has 21 heavy (non-hydrogen) atoms. The minimum atomic E-state index is 0.110. The van der Waals surface area contributed by atoms with Crippen LogP contribution in [0, 0.1) is 13.8 Å². The third-order valence-corrected chi connectivity index (χ3v) is 2.92. The van der Waals surface area contributed by atoms with Gasteiger partial charge in [0.05, 0.1) is 11.8 Å². The molecule has 0 unspecified atom stereocenters. The van der Waals surface area contributed by atoms with E-state index in [1.165, 1.54) is 5.69 Å². The van der Waals surface area contributed by atoms with Crippen molar-refractivity contribution in [2.24, 2.45) is 0 Å². The number of aromatic nitrogens is 4. The SMILES string of the molecule is Cc1cc(C)n(CCCNc2nccc(OC(C)C)n2)n1. The van der Waals surface area contributed by atoms with E-state index < -0.39 is 0 Å². The minimum Gasteiger partial charge on any atom is -0.475 e. The molecule has 0 aliphatic carbocycles. The molecule has 6 heteroatoms. The van der Waals surface area contributed by atoms with Crippen LogP contribution in [0.25, 0.3) is 0 Å². The van der Waals surface area contributed by atoms with Crippen molar-refractivity contribution in [1.29, 1.82) is 0 Å². The summed E-state index contributed by atoms with van der Waals surface area (Å²) in [5, 5.41) is 7.65. The van der Waals surface area contributed by atoms with E-state index in [0.29, 0.717) is 11.8 Å². The molecule has 0 atom stereocenters. The Morgan fingerprint density at radius 3 is 2.81 bits per heavy atom. The molecule has 2 rings (SSSR count). The van der Waals surface area contributed by atoms with Gasteiger partial charge in [-0.15, -0.1) is 0 Å². The van der Waals surface area contributed by atoms with E-state index >= 15 is 0 Å². The highest BCUT2D eigenvalue weighted by Gasteiger charge is 2.03. The fraction of sp³-hybridized carbons (Fsp3) is 0.533. The van der Waals surface area contributed by atoms with Gasteiger partial charge in [0.25, 0.3) is 0 Å². The van der Waals surface area contributed by atoms with Crippen molar-refractivity contribution < 1.29 is 4.74 Å². The first-order valence-electron chi connectivity index (χ1n) is 7.29. The highest BCUT2D eigenvalue weighted by Crippen LogP contribution is 2.10. The lowest BCUT2D eigenvalue weighted by Crippen LogP contribution is -2.12. The molecule has 0 saturated heterocycles. The van der Waals surface area contributed by atoms with Crippen molar-refractivity contribution >= 4 is 5.95 Å². The second-order valence-electron chi connectivity index (χ2n) is 5.32. The Balaban J connectivity index is 1.79. The van der Waals surface area contributed by atoms with Gasteiger partial charge in [-0.2, -0.15) is 10.1 Å². The second-order valence-corrected chi connectivity index (χ2v) is 5.32. The van der Waals surface area contributed by atoms with Crippen LogP contribution in [0.15, 0.2) is 18.3 Å². The number of hydrogen-bond acceptors (Lipinski definition) is 5. The number of aryl methyl sites for hydroxylation is 3. The maximum Gasteiger partial charge on any atom is 0.225 e. The van der Waals surface area contributed by atoms with E-state index in [2.05, 4.69) is 33.4 Å². The Hall–Kier alpha value is -2.11. The quantitative estimate of drug-likeness (QED) is 0.794. The van der Waals surface area contributed by atoms with Gasteiger partial charge >= 0.3 is 0 Å². The lowest BCUT2D eigenvalue weighted by molar-refractivity contribution is 0.232. The Bertz CT molecular complexity index is 579. The average molecular weight is 289 g/mol. The second kappa shape index (κ2) is 7.06. The monoisotopic (exact) mass is 289 g/mol. The number of rotatable bonds is 7. The van der Waals surface area contributed by atoms with Crippen molar-refractivity contribution in [1.82, 2.24) is 19.7 Å². The van der Waals surface area contributed by atoms with Crippen molar-refractivity contribution in [2.75, 3.05) is 11.9 Å². The first kappa shape index (κ1) is 15.3. The molecule has 2 aromatic heterocycles. The van der Waals surface area contributed by atoms with E-state index in [1.807, 2.05) is 25.5 Å². The minimum absolute atomic E-state index is 0.110. The van der Waals surface area contributed by atoms with Gasteiger partial charge in [0, 0.05) is 31.0 Å². The van der Waals surface area contributed by atoms with Gasteiger partial charge in [-0.05, 0) is 40.2 Å². The summed E-state index contributed by atoms with van der Waals surface area (Å²) in [6.45, 7) is 9.71. The summed E-state index contributed by atoms with van der Waals surface area (Å²) in [5.41, 5.74) is 2.25. The van der Waals surface area contributed by atoms with Gasteiger partial charge in [-0.25, -0.2) is 4.98 Å². The number of hydrogen-bond donors (Lipinski definition) is 1. The molecular formula is C15H23N5O. The zero-order valence-electron chi connectivity index (χ0n) is 13.1. The number of ether oxygens (including phenoxy) is 1. The smallest absolute Gasteiger partial charge is 0.225 e. The van der Waals surface area contributed by atoms with E-state index in [1.54, 1.807) is 12.3 Å². The maximum absolute atomic E-state index is 5.54. The van der Waals surface area contributed by atoms with Gasteiger partial charge in [0.15, 0.2) is 0 Å². The zero-order chi connectivity index (χ0) is 15.2. The summed E-state index contributed by atoms with van der Waals surface area (Å²) in [5.74, 6) is 1.20. The normalized spacial score (nSPS) is 10.9. The van der Waals surface area contributed by atoms with Gasteiger partial charge in [0.2, 0.25) is 11.8 Å². The van der Waals surface area contributed by atoms with Crippen LogP contribution in [0.1, 0.15) is 31.7 Å². The molecule has 0 spiro atoms. The summed E-state index contributed by atoms with van der Waals surface area (Å²) < 4.78 is 7.57. The lowest BCUT2D eigenvalue weighted by atomic mass is 10.4. The Kier molecular flexibility index (Phi) is 5.14. The van der Waals surface area contributed by atoms with Crippen LogP contribution in [0.2, 0.25) is 0 Å². The maximum atomic E-state index is 5.54. The molecule has 0 fully saturated rings. The van der Waals surface area contributed by atoms with Crippen LogP contribution in [0.4, 0.5) is 5.95 Å². The largest absolute Gasteiger partial charge is 0.475 e. The molecule has 0 aliphatic heterocycles. The molecule has 0 bridgehead atoms. The lowest BCUT2D eigenvalue weighted by Gasteiger charge is -2.10. The first-order chi connectivity index (χ1) is 10.0. The Labute approximate surface area is 125 Å². The molecule has 0 aromatic carbocycles. The molecule has 6 nitrogen and oxygen atoms in total. The van der Waals surface area contributed by atoms with E-state index in [9.17, 15) is 0 Å². The molecule has 2 heterocycles. The summed E-state index contributed by atoms with van der Waals surface area (Å²) in [6.07, 6.45) is 2.77. The van der Waals surface area contributed by atoms with Crippen LogP contribution in [-0.2, 0) is 6.54 Å². The predicted octanol–water partition coefficient (Wildman–Crippen LogP) is 2.58. The van der Waals surface area contributed by atoms with Crippen LogP contribution in [0.3, 0.4) is 0 Å². The van der Waals surface area contributed by atoms with Crippen molar-refractivity contribution in [3.8, 4) is 5.88 Å². The van der Waals surface area contributed by atoms with E-state index in [-0.39, 0.29) is 6.10 Å². The van der Waals surface area contributed by atoms with Crippen molar-refractivity contribution in [3.05, 3.63) is 29.7 Å². The molecule has 0 amide bonds. The van der Waals surface area contributed by atoms with Crippen LogP contribution < -0.4 is 10.1 Å². The van der Waals surface area contributed by atoms with Gasteiger partial charge in [-0.1, -0.05) is 0 Å². The summed E-state index contributed by atoms with van der Waals surface area (Å²) >= 11 is 0. The third kappa shape index (κ3) is 4.73. The number of nitrogens with zero attached hydrogens (tertiary/aromatic N) is 4. The van der Waals surface area contributed by atoms with E-state index in [0.717, 1.165) is 25.2 Å². The summed E-state index contributed by atoms with van der Waals surface area (Å²) in [4.78, 5) is 8.50. The number of nitrogens with one attached hydrogen (secondary N) is 1. The number of anilines is 1. The fourth-order valence-electron chi connectivity index (χ4n) is 2.06. The van der Waals surface area contributed by atoms with Crippen LogP contribution in [-0.4, -0.2) is 32.4 Å². The zero-order valence-corrected chi connectivity index (χ0v) is 13.1. The molecule has 114 valence electrons. The molecule has 0 radical (unpaired) electrons. The highest BCUT2D eigenvalue weighted by molar-refractivity contribution is 5.27. The summed E-state index contributed by atoms with van der Waals surface area (Å²) in [7, 11) is 0. The first-order valence-corrected chi connectivity index (χ1v) is 7.29. The van der Waals surface area contributed by atoms with Gasteiger partial charge in [0.1, 0.15) is 0 Å². The molecule has 2 aromatic rings. The highest BCUT2D eigenvalue weighted by atomic mass is 16.5. The van der Waals surface area contributed by atoms with E-state index in [4.69, 9.17) is 4.74 Å².